The summed E-state index contributed by atoms with van der Waals surface area (Å²) in [6.45, 7) is 4.39. The molecule has 3 atom stereocenters. The van der Waals surface area contributed by atoms with E-state index >= 15 is 0 Å². The van der Waals surface area contributed by atoms with Crippen LogP contribution in [0.4, 0.5) is 0 Å². The third kappa shape index (κ3) is 3.63. The number of halogens is 1. The number of rotatable bonds is 3. The predicted octanol–water partition coefficient (Wildman–Crippen LogP) is 2.45. The lowest BCUT2D eigenvalue weighted by Gasteiger charge is -2.22. The zero-order valence-corrected chi connectivity index (χ0v) is 12.6. The molecular formula is C15H27ClN2O. The van der Waals surface area contributed by atoms with E-state index in [2.05, 4.69) is 10.2 Å². The van der Waals surface area contributed by atoms with Crippen LogP contribution >= 0.6 is 12.4 Å². The van der Waals surface area contributed by atoms with Gasteiger partial charge in [-0.2, -0.15) is 0 Å². The van der Waals surface area contributed by atoms with Gasteiger partial charge in [0, 0.05) is 19.5 Å². The molecule has 1 N–H and O–H groups in total. The Labute approximate surface area is 122 Å². The van der Waals surface area contributed by atoms with Gasteiger partial charge >= 0.3 is 0 Å². The highest BCUT2D eigenvalue weighted by Crippen LogP contribution is 2.36. The van der Waals surface area contributed by atoms with Gasteiger partial charge in [0.05, 0.1) is 0 Å². The first-order valence-corrected chi connectivity index (χ1v) is 7.81. The van der Waals surface area contributed by atoms with Gasteiger partial charge in [0.1, 0.15) is 0 Å². The molecule has 3 aliphatic rings. The van der Waals surface area contributed by atoms with Crippen molar-refractivity contribution in [3.63, 3.8) is 0 Å². The summed E-state index contributed by atoms with van der Waals surface area (Å²) < 4.78 is 0. The van der Waals surface area contributed by atoms with E-state index < -0.39 is 0 Å². The van der Waals surface area contributed by atoms with E-state index in [1.165, 1.54) is 32.1 Å². The fourth-order valence-corrected chi connectivity index (χ4v) is 4.06. The molecule has 1 aliphatic carbocycles. The summed E-state index contributed by atoms with van der Waals surface area (Å²) in [6, 6.07) is 0. The van der Waals surface area contributed by atoms with Crippen molar-refractivity contribution < 1.29 is 4.79 Å². The van der Waals surface area contributed by atoms with E-state index in [0.717, 1.165) is 56.8 Å². The average Bonchev–Trinajstić information content (AvgIpc) is 3.04. The molecule has 1 amide bonds. The van der Waals surface area contributed by atoms with E-state index in [9.17, 15) is 4.79 Å². The van der Waals surface area contributed by atoms with Gasteiger partial charge in [-0.3, -0.25) is 4.79 Å². The Bertz CT molecular complexity index is 291. The highest BCUT2D eigenvalue weighted by atomic mass is 35.5. The second kappa shape index (κ2) is 6.94. The van der Waals surface area contributed by atoms with Crippen molar-refractivity contribution in [2.75, 3.05) is 26.2 Å². The molecule has 0 radical (unpaired) electrons. The lowest BCUT2D eigenvalue weighted by molar-refractivity contribution is -0.130. The first-order valence-electron chi connectivity index (χ1n) is 7.81. The summed E-state index contributed by atoms with van der Waals surface area (Å²) >= 11 is 0. The van der Waals surface area contributed by atoms with Gasteiger partial charge in [-0.1, -0.05) is 12.8 Å². The van der Waals surface area contributed by atoms with Crippen LogP contribution in [0.25, 0.3) is 0 Å². The first kappa shape index (κ1) is 15.1. The van der Waals surface area contributed by atoms with Gasteiger partial charge in [0.2, 0.25) is 5.91 Å². The largest absolute Gasteiger partial charge is 0.342 e. The van der Waals surface area contributed by atoms with Crippen LogP contribution in [0.1, 0.15) is 44.9 Å². The Balaban J connectivity index is 0.00000133. The van der Waals surface area contributed by atoms with E-state index in [4.69, 9.17) is 0 Å². The molecule has 2 aliphatic heterocycles. The highest BCUT2D eigenvalue weighted by molar-refractivity contribution is 5.85. The monoisotopic (exact) mass is 286 g/mol. The normalized spacial score (nSPS) is 33.9. The number of likely N-dealkylation sites (tertiary alicyclic amines) is 1. The van der Waals surface area contributed by atoms with E-state index in [0.29, 0.717) is 5.91 Å². The number of fused-ring (bicyclic) bond motifs is 1. The Morgan fingerprint density at radius 2 is 1.79 bits per heavy atom. The fraction of sp³-hybridized carbons (Fsp3) is 0.933. The zero-order valence-electron chi connectivity index (χ0n) is 11.8. The molecule has 0 aromatic carbocycles. The Morgan fingerprint density at radius 1 is 1.11 bits per heavy atom. The number of amides is 1. The summed E-state index contributed by atoms with van der Waals surface area (Å²) in [4.78, 5) is 14.4. The van der Waals surface area contributed by atoms with Crippen molar-refractivity contribution in [1.82, 2.24) is 10.2 Å². The molecule has 110 valence electrons. The number of nitrogens with zero attached hydrogens (tertiary/aromatic N) is 1. The zero-order chi connectivity index (χ0) is 12.4. The van der Waals surface area contributed by atoms with Crippen molar-refractivity contribution in [1.29, 1.82) is 0 Å². The minimum atomic E-state index is 0. The molecular weight excluding hydrogens is 260 g/mol. The molecule has 3 unspecified atom stereocenters. The van der Waals surface area contributed by atoms with Crippen LogP contribution in [0, 0.1) is 17.8 Å². The molecule has 3 rings (SSSR count). The lowest BCUT2D eigenvalue weighted by Crippen LogP contribution is -2.29. The molecule has 3 nitrogen and oxygen atoms in total. The second-order valence-electron chi connectivity index (χ2n) is 6.50. The maximum Gasteiger partial charge on any atom is 0.222 e. The maximum absolute atomic E-state index is 12.3. The molecule has 3 fully saturated rings. The van der Waals surface area contributed by atoms with Crippen molar-refractivity contribution in [3.8, 4) is 0 Å². The maximum atomic E-state index is 12.3. The lowest BCUT2D eigenvalue weighted by atomic mass is 9.82. The topological polar surface area (TPSA) is 32.3 Å². The summed E-state index contributed by atoms with van der Waals surface area (Å²) in [7, 11) is 0. The summed E-state index contributed by atoms with van der Waals surface area (Å²) in [6.07, 6.45) is 8.64. The second-order valence-corrected chi connectivity index (χ2v) is 6.50. The summed E-state index contributed by atoms with van der Waals surface area (Å²) in [5, 5.41) is 3.38. The van der Waals surface area contributed by atoms with E-state index in [1.54, 1.807) is 0 Å². The van der Waals surface area contributed by atoms with Gasteiger partial charge in [0.25, 0.3) is 0 Å². The molecule has 2 saturated heterocycles. The standard InChI is InChI=1S/C15H26N2O.ClH/c18-15(6-5-12-7-8-16-9-12)17-10-13-3-1-2-4-14(13)11-17;/h12-14,16H,1-11H2;1H. The molecule has 1 saturated carbocycles. The van der Waals surface area contributed by atoms with Crippen LogP contribution in [-0.4, -0.2) is 37.0 Å². The third-order valence-corrected chi connectivity index (χ3v) is 5.26. The van der Waals surface area contributed by atoms with Crippen LogP contribution in [-0.2, 0) is 4.79 Å². The smallest absolute Gasteiger partial charge is 0.222 e. The van der Waals surface area contributed by atoms with Crippen molar-refractivity contribution >= 4 is 18.3 Å². The molecule has 0 spiro atoms. The van der Waals surface area contributed by atoms with Crippen LogP contribution in [0.3, 0.4) is 0 Å². The molecule has 0 bridgehead atoms. The van der Waals surface area contributed by atoms with Gasteiger partial charge in [0.15, 0.2) is 0 Å². The molecule has 2 heterocycles. The average molecular weight is 287 g/mol. The third-order valence-electron chi connectivity index (χ3n) is 5.26. The van der Waals surface area contributed by atoms with Gasteiger partial charge < -0.3 is 10.2 Å². The van der Waals surface area contributed by atoms with Crippen LogP contribution in [0.2, 0.25) is 0 Å². The van der Waals surface area contributed by atoms with Crippen molar-refractivity contribution in [2.24, 2.45) is 17.8 Å². The minimum absolute atomic E-state index is 0. The number of nitrogens with one attached hydrogen (secondary N) is 1. The first-order chi connectivity index (χ1) is 8.83. The number of carbonyl (C=O) groups is 1. The molecule has 0 aromatic heterocycles. The van der Waals surface area contributed by atoms with Crippen LogP contribution in [0.15, 0.2) is 0 Å². The van der Waals surface area contributed by atoms with E-state index in [1.807, 2.05) is 0 Å². The quantitative estimate of drug-likeness (QED) is 0.864. The fourth-order valence-electron chi connectivity index (χ4n) is 4.06. The Kier molecular flexibility index (Phi) is 5.52. The van der Waals surface area contributed by atoms with Gasteiger partial charge in [-0.25, -0.2) is 0 Å². The van der Waals surface area contributed by atoms with Crippen molar-refractivity contribution in [3.05, 3.63) is 0 Å². The highest BCUT2D eigenvalue weighted by Gasteiger charge is 2.36. The molecule has 0 aromatic rings. The van der Waals surface area contributed by atoms with Crippen LogP contribution in [0.5, 0.6) is 0 Å². The van der Waals surface area contributed by atoms with Gasteiger partial charge in [-0.05, 0) is 56.5 Å². The number of hydrogen-bond acceptors (Lipinski definition) is 2. The SMILES string of the molecule is Cl.O=C(CCC1CCNC1)N1CC2CCCCC2C1. The Morgan fingerprint density at radius 3 is 2.37 bits per heavy atom. The van der Waals surface area contributed by atoms with Crippen LogP contribution < -0.4 is 5.32 Å². The Hall–Kier alpha value is -0.280. The minimum Gasteiger partial charge on any atom is -0.342 e. The number of hydrogen-bond donors (Lipinski definition) is 1. The summed E-state index contributed by atoms with van der Waals surface area (Å²) in [5.74, 6) is 2.84. The number of carbonyl (C=O) groups excluding carboxylic acids is 1. The molecule has 4 heteroatoms. The van der Waals surface area contributed by atoms with Gasteiger partial charge in [-0.15, -0.1) is 12.4 Å². The summed E-state index contributed by atoms with van der Waals surface area (Å²) in [5.41, 5.74) is 0. The predicted molar refractivity (Wildman–Crippen MR) is 79.5 cm³/mol. The van der Waals surface area contributed by atoms with E-state index in [-0.39, 0.29) is 12.4 Å². The van der Waals surface area contributed by atoms with Crippen molar-refractivity contribution in [2.45, 2.75) is 44.9 Å². The molecule has 19 heavy (non-hydrogen) atoms.